The predicted molar refractivity (Wildman–Crippen MR) is 94.7 cm³/mol. The van der Waals surface area contributed by atoms with Gasteiger partial charge in [-0.25, -0.2) is 13.6 Å². The Bertz CT molecular complexity index is 708. The van der Waals surface area contributed by atoms with Crippen LogP contribution in [0.5, 0.6) is 0 Å². The van der Waals surface area contributed by atoms with Gasteiger partial charge in [-0.1, -0.05) is 11.3 Å². The summed E-state index contributed by atoms with van der Waals surface area (Å²) in [6, 6.07) is 0. The van der Waals surface area contributed by atoms with E-state index in [-0.39, 0.29) is 11.4 Å². The Balaban J connectivity index is 1.86. The van der Waals surface area contributed by atoms with Crippen molar-refractivity contribution in [2.75, 3.05) is 37.0 Å². The van der Waals surface area contributed by atoms with E-state index in [0.717, 1.165) is 43.9 Å². The SMILES string of the molecule is CCNc1ncc(C(=O)N2CCCC23CCCS(=O)(=NC)C3)s1. The second-order valence-electron chi connectivity index (χ2n) is 6.25. The fraction of sp³-hybridized carbons (Fsp3) is 0.733. The summed E-state index contributed by atoms with van der Waals surface area (Å²) in [7, 11) is -0.518. The lowest BCUT2D eigenvalue weighted by Gasteiger charge is -2.42. The summed E-state index contributed by atoms with van der Waals surface area (Å²) in [4.78, 5) is 19.9. The van der Waals surface area contributed by atoms with Crippen LogP contribution in [0, 0.1) is 0 Å². The molecular weight excluding hydrogens is 332 g/mol. The second-order valence-corrected chi connectivity index (χ2v) is 9.89. The van der Waals surface area contributed by atoms with E-state index in [2.05, 4.69) is 14.7 Å². The monoisotopic (exact) mass is 356 g/mol. The molecule has 0 aliphatic carbocycles. The number of carbonyl (C=O) groups is 1. The molecule has 6 nitrogen and oxygen atoms in total. The largest absolute Gasteiger partial charge is 0.362 e. The number of thiazole rings is 1. The van der Waals surface area contributed by atoms with Crippen LogP contribution in [0.4, 0.5) is 5.13 Å². The number of aromatic nitrogens is 1. The van der Waals surface area contributed by atoms with Gasteiger partial charge in [0.05, 0.1) is 17.5 Å². The van der Waals surface area contributed by atoms with Gasteiger partial charge in [0.1, 0.15) is 4.88 Å². The van der Waals surface area contributed by atoms with Gasteiger partial charge in [0.25, 0.3) is 5.91 Å². The predicted octanol–water partition coefficient (Wildman–Crippen LogP) is 2.44. The zero-order valence-corrected chi connectivity index (χ0v) is 15.3. The molecule has 1 N–H and O–H groups in total. The lowest BCUT2D eigenvalue weighted by molar-refractivity contribution is 0.0613. The van der Waals surface area contributed by atoms with Crippen molar-refractivity contribution in [1.82, 2.24) is 9.88 Å². The van der Waals surface area contributed by atoms with Gasteiger partial charge in [-0.05, 0) is 32.6 Å². The molecule has 128 valence electrons. The molecule has 0 saturated carbocycles. The molecule has 23 heavy (non-hydrogen) atoms. The van der Waals surface area contributed by atoms with E-state index >= 15 is 0 Å². The Morgan fingerprint density at radius 3 is 3.04 bits per heavy atom. The highest BCUT2D eigenvalue weighted by atomic mass is 32.2. The van der Waals surface area contributed by atoms with E-state index < -0.39 is 9.73 Å². The van der Waals surface area contributed by atoms with Crippen LogP contribution in [0.15, 0.2) is 10.6 Å². The number of hydrogen-bond donors (Lipinski definition) is 1. The number of hydrogen-bond acceptors (Lipinski definition) is 6. The molecule has 1 amide bonds. The van der Waals surface area contributed by atoms with Crippen molar-refractivity contribution in [3.8, 4) is 0 Å². The number of anilines is 1. The molecule has 3 heterocycles. The fourth-order valence-electron chi connectivity index (χ4n) is 3.75. The first-order valence-electron chi connectivity index (χ1n) is 8.14. The molecule has 1 spiro atoms. The lowest BCUT2D eigenvalue weighted by Crippen LogP contribution is -2.54. The Hall–Kier alpha value is -1.15. The highest BCUT2D eigenvalue weighted by Crippen LogP contribution is 2.40. The van der Waals surface area contributed by atoms with Gasteiger partial charge in [-0.3, -0.25) is 4.79 Å². The van der Waals surface area contributed by atoms with Gasteiger partial charge in [0.15, 0.2) is 5.13 Å². The summed E-state index contributed by atoms with van der Waals surface area (Å²) in [6.45, 7) is 3.53. The van der Waals surface area contributed by atoms with Gasteiger partial charge in [0.2, 0.25) is 0 Å². The third-order valence-electron chi connectivity index (χ3n) is 4.82. The van der Waals surface area contributed by atoms with Crippen LogP contribution in [0.3, 0.4) is 0 Å². The molecular formula is C15H24N4O2S2. The average molecular weight is 357 g/mol. The molecule has 2 unspecified atom stereocenters. The van der Waals surface area contributed by atoms with Crippen molar-refractivity contribution in [2.45, 2.75) is 38.1 Å². The molecule has 3 rings (SSSR count). The van der Waals surface area contributed by atoms with E-state index in [1.807, 2.05) is 11.8 Å². The summed E-state index contributed by atoms with van der Waals surface area (Å²) in [6.07, 6.45) is 5.38. The van der Waals surface area contributed by atoms with Crippen molar-refractivity contribution in [3.63, 3.8) is 0 Å². The quantitative estimate of drug-likeness (QED) is 0.903. The van der Waals surface area contributed by atoms with Gasteiger partial charge in [0, 0.05) is 35.6 Å². The van der Waals surface area contributed by atoms with Crippen molar-refractivity contribution >= 4 is 32.1 Å². The number of carbonyl (C=O) groups excluding carboxylic acids is 1. The molecule has 2 aliphatic heterocycles. The zero-order valence-electron chi connectivity index (χ0n) is 13.7. The summed E-state index contributed by atoms with van der Waals surface area (Å²) < 4.78 is 17.0. The van der Waals surface area contributed by atoms with Crippen molar-refractivity contribution in [3.05, 3.63) is 11.1 Å². The van der Waals surface area contributed by atoms with Crippen molar-refractivity contribution < 1.29 is 9.00 Å². The summed E-state index contributed by atoms with van der Waals surface area (Å²) in [5.41, 5.74) is -0.270. The van der Waals surface area contributed by atoms with Crippen LogP contribution in [0.25, 0.3) is 0 Å². The van der Waals surface area contributed by atoms with Crippen LogP contribution in [-0.4, -0.2) is 57.2 Å². The molecule has 2 fully saturated rings. The number of nitrogens with one attached hydrogen (secondary N) is 1. The van der Waals surface area contributed by atoms with Crippen molar-refractivity contribution in [2.24, 2.45) is 4.36 Å². The maximum absolute atomic E-state index is 13.0. The molecule has 0 radical (unpaired) electrons. The van der Waals surface area contributed by atoms with Crippen LogP contribution in [0.1, 0.15) is 42.3 Å². The molecule has 0 bridgehead atoms. The third kappa shape index (κ3) is 3.10. The van der Waals surface area contributed by atoms with E-state index in [0.29, 0.717) is 16.4 Å². The van der Waals surface area contributed by atoms with Crippen LogP contribution >= 0.6 is 11.3 Å². The topological polar surface area (TPSA) is 74.7 Å². The Morgan fingerprint density at radius 1 is 1.52 bits per heavy atom. The summed E-state index contributed by atoms with van der Waals surface area (Å²) in [5, 5.41) is 3.92. The highest BCUT2D eigenvalue weighted by molar-refractivity contribution is 7.93. The zero-order chi connectivity index (χ0) is 16.5. The smallest absolute Gasteiger partial charge is 0.266 e. The fourth-order valence-corrected chi connectivity index (χ4v) is 6.92. The number of likely N-dealkylation sites (tertiary alicyclic amines) is 1. The van der Waals surface area contributed by atoms with Crippen LogP contribution in [0.2, 0.25) is 0 Å². The molecule has 2 saturated heterocycles. The maximum atomic E-state index is 13.0. The van der Waals surface area contributed by atoms with Gasteiger partial charge in [-0.2, -0.15) is 0 Å². The Kier molecular flexibility index (Phi) is 4.64. The molecule has 2 atom stereocenters. The van der Waals surface area contributed by atoms with E-state index in [1.165, 1.54) is 11.3 Å². The van der Waals surface area contributed by atoms with E-state index in [9.17, 15) is 9.00 Å². The first-order chi connectivity index (χ1) is 11.0. The second kappa shape index (κ2) is 6.39. The normalized spacial score (nSPS) is 30.6. The molecule has 8 heteroatoms. The Morgan fingerprint density at radius 2 is 2.30 bits per heavy atom. The highest BCUT2D eigenvalue weighted by Gasteiger charge is 2.48. The number of amides is 1. The molecule has 1 aromatic rings. The molecule has 1 aromatic heterocycles. The van der Waals surface area contributed by atoms with E-state index in [1.54, 1.807) is 13.2 Å². The summed E-state index contributed by atoms with van der Waals surface area (Å²) >= 11 is 1.40. The third-order valence-corrected chi connectivity index (χ3v) is 8.34. The number of nitrogens with zero attached hydrogens (tertiary/aromatic N) is 3. The standard InChI is InChI=1S/C15H24N4O2S2/c1-3-17-14-18-10-12(22-14)13(20)19-8-4-6-15(19)7-5-9-23(21,11-15)16-2/h10H,3-9,11H2,1-2H3,(H,17,18). The van der Waals surface area contributed by atoms with Crippen molar-refractivity contribution in [1.29, 1.82) is 0 Å². The van der Waals surface area contributed by atoms with E-state index in [4.69, 9.17) is 0 Å². The molecule has 0 aromatic carbocycles. The maximum Gasteiger partial charge on any atom is 0.266 e. The number of rotatable bonds is 3. The first kappa shape index (κ1) is 16.7. The van der Waals surface area contributed by atoms with Gasteiger partial charge < -0.3 is 10.2 Å². The Labute approximate surface area is 141 Å². The average Bonchev–Trinajstić information content (AvgIpc) is 3.15. The lowest BCUT2D eigenvalue weighted by atomic mass is 9.92. The summed E-state index contributed by atoms with van der Waals surface area (Å²) in [5.74, 6) is 1.23. The minimum absolute atomic E-state index is 0.0314. The van der Waals surface area contributed by atoms with Gasteiger partial charge >= 0.3 is 0 Å². The van der Waals surface area contributed by atoms with Gasteiger partial charge in [-0.15, -0.1) is 0 Å². The van der Waals surface area contributed by atoms with Crippen LogP contribution in [-0.2, 0) is 9.73 Å². The molecule has 2 aliphatic rings. The first-order valence-corrected chi connectivity index (χ1v) is 10.8. The van der Waals surface area contributed by atoms with Crippen LogP contribution < -0.4 is 5.32 Å². The minimum Gasteiger partial charge on any atom is -0.362 e. The minimum atomic E-state index is -2.17.